The second kappa shape index (κ2) is 7.74. The molecule has 0 unspecified atom stereocenters. The second-order valence-corrected chi connectivity index (χ2v) is 5.03. The number of methoxy groups -OCH3 is 1. The molecule has 0 atom stereocenters. The number of benzene rings is 1. The number of hydrogen-bond acceptors (Lipinski definition) is 4. The van der Waals surface area contributed by atoms with Gasteiger partial charge in [-0.1, -0.05) is 23.9 Å². The number of esters is 1. The Labute approximate surface area is 115 Å². The number of carbonyl (C=O) groups is 2. The molecular formula is C14H15FO3S. The van der Waals surface area contributed by atoms with Gasteiger partial charge in [0, 0.05) is 18.2 Å². The molecule has 0 saturated heterocycles. The first kappa shape index (κ1) is 15.4. The van der Waals surface area contributed by atoms with Crippen molar-refractivity contribution < 1.29 is 18.7 Å². The molecule has 0 radical (unpaired) electrons. The van der Waals surface area contributed by atoms with Crippen LogP contribution in [0.3, 0.4) is 0 Å². The molecule has 1 aromatic rings. The summed E-state index contributed by atoms with van der Waals surface area (Å²) in [4.78, 5) is 22.0. The fraction of sp³-hybridized carbons (Fsp3) is 0.286. The van der Waals surface area contributed by atoms with Crippen LogP contribution < -0.4 is 0 Å². The van der Waals surface area contributed by atoms with Gasteiger partial charge in [-0.15, -0.1) is 0 Å². The number of carbonyl (C=O) groups excluding carboxylic acids is 2. The number of rotatable bonds is 5. The highest BCUT2D eigenvalue weighted by Crippen LogP contribution is 2.14. The molecule has 0 aliphatic heterocycles. The van der Waals surface area contributed by atoms with Gasteiger partial charge in [0.1, 0.15) is 5.82 Å². The summed E-state index contributed by atoms with van der Waals surface area (Å²) in [5.41, 5.74) is 0.636. The van der Waals surface area contributed by atoms with Gasteiger partial charge in [0.15, 0.2) is 5.12 Å². The molecule has 19 heavy (non-hydrogen) atoms. The van der Waals surface area contributed by atoms with Crippen LogP contribution in [0.4, 0.5) is 4.39 Å². The van der Waals surface area contributed by atoms with E-state index in [0.717, 1.165) is 0 Å². The summed E-state index contributed by atoms with van der Waals surface area (Å²) in [6, 6.07) is 4.05. The van der Waals surface area contributed by atoms with Crippen molar-refractivity contribution >= 4 is 28.9 Å². The summed E-state index contributed by atoms with van der Waals surface area (Å²) >= 11 is 1.22. The zero-order chi connectivity index (χ0) is 14.3. The third-order valence-corrected chi connectivity index (χ3v) is 3.15. The molecule has 0 amide bonds. The van der Waals surface area contributed by atoms with Crippen LogP contribution in [0, 0.1) is 5.82 Å². The van der Waals surface area contributed by atoms with E-state index in [1.807, 2.05) is 0 Å². The lowest BCUT2D eigenvalue weighted by Crippen LogP contribution is -2.01. The molecule has 102 valence electrons. The predicted molar refractivity (Wildman–Crippen MR) is 74.5 cm³/mol. The molecule has 0 spiro atoms. The van der Waals surface area contributed by atoms with Crippen molar-refractivity contribution in [1.82, 2.24) is 0 Å². The Morgan fingerprint density at radius 2 is 2.16 bits per heavy atom. The Balaban J connectivity index is 2.69. The Hall–Kier alpha value is -1.62. The normalized spacial score (nSPS) is 10.7. The number of hydrogen-bond donors (Lipinski definition) is 0. The Kier molecular flexibility index (Phi) is 6.29. The first-order valence-corrected chi connectivity index (χ1v) is 6.71. The van der Waals surface area contributed by atoms with Crippen LogP contribution in [0.25, 0.3) is 6.08 Å². The second-order valence-electron chi connectivity index (χ2n) is 3.76. The van der Waals surface area contributed by atoms with Crippen LogP contribution in [-0.4, -0.2) is 23.9 Å². The van der Waals surface area contributed by atoms with Crippen LogP contribution in [0.2, 0.25) is 0 Å². The van der Waals surface area contributed by atoms with E-state index < -0.39 is 11.8 Å². The highest BCUT2D eigenvalue weighted by molar-refractivity contribution is 8.13. The lowest BCUT2D eigenvalue weighted by atomic mass is 10.1. The molecule has 0 fully saturated rings. The van der Waals surface area contributed by atoms with Gasteiger partial charge in [0.05, 0.1) is 12.7 Å². The molecule has 0 bridgehead atoms. The van der Waals surface area contributed by atoms with Gasteiger partial charge in [-0.3, -0.25) is 4.79 Å². The van der Waals surface area contributed by atoms with E-state index in [1.165, 1.54) is 44.0 Å². The number of ether oxygens (including phenoxy) is 1. The molecule has 0 saturated carbocycles. The molecule has 0 aliphatic carbocycles. The SMILES string of the molecule is COC(=O)c1ccc(F)c(C=CCCSC(C)=O)c1. The lowest BCUT2D eigenvalue weighted by molar-refractivity contribution is -0.109. The van der Waals surface area contributed by atoms with Crippen molar-refractivity contribution in [1.29, 1.82) is 0 Å². The fourth-order valence-corrected chi connectivity index (χ4v) is 1.94. The minimum Gasteiger partial charge on any atom is -0.465 e. The lowest BCUT2D eigenvalue weighted by Gasteiger charge is -2.02. The maximum absolute atomic E-state index is 13.5. The van der Waals surface area contributed by atoms with Crippen molar-refractivity contribution in [3.63, 3.8) is 0 Å². The predicted octanol–water partition coefficient (Wildman–Crippen LogP) is 3.30. The van der Waals surface area contributed by atoms with Crippen LogP contribution in [0.15, 0.2) is 24.3 Å². The Morgan fingerprint density at radius 1 is 1.42 bits per heavy atom. The van der Waals surface area contributed by atoms with Gasteiger partial charge >= 0.3 is 5.97 Å². The first-order valence-electron chi connectivity index (χ1n) is 5.72. The summed E-state index contributed by atoms with van der Waals surface area (Å²) in [6.45, 7) is 1.51. The summed E-state index contributed by atoms with van der Waals surface area (Å²) in [6.07, 6.45) is 4.03. The first-order chi connectivity index (χ1) is 9.04. The maximum atomic E-state index is 13.5. The fourth-order valence-electron chi connectivity index (χ4n) is 1.40. The quantitative estimate of drug-likeness (QED) is 0.614. The van der Waals surface area contributed by atoms with Gasteiger partial charge in [0.25, 0.3) is 0 Å². The van der Waals surface area contributed by atoms with E-state index in [1.54, 1.807) is 12.2 Å². The van der Waals surface area contributed by atoms with E-state index >= 15 is 0 Å². The molecule has 3 nitrogen and oxygen atoms in total. The third-order valence-electron chi connectivity index (χ3n) is 2.30. The van der Waals surface area contributed by atoms with Crippen LogP contribution in [0.5, 0.6) is 0 Å². The molecule has 1 rings (SSSR count). The van der Waals surface area contributed by atoms with Crippen molar-refractivity contribution in [2.75, 3.05) is 12.9 Å². The topological polar surface area (TPSA) is 43.4 Å². The van der Waals surface area contributed by atoms with E-state index in [0.29, 0.717) is 23.3 Å². The van der Waals surface area contributed by atoms with Crippen LogP contribution in [-0.2, 0) is 9.53 Å². The number of allylic oxidation sites excluding steroid dienone is 1. The molecular weight excluding hydrogens is 267 g/mol. The van der Waals surface area contributed by atoms with E-state index in [2.05, 4.69) is 4.74 Å². The Morgan fingerprint density at radius 3 is 2.79 bits per heavy atom. The van der Waals surface area contributed by atoms with Crippen molar-refractivity contribution in [3.8, 4) is 0 Å². The zero-order valence-corrected chi connectivity index (χ0v) is 11.6. The summed E-state index contributed by atoms with van der Waals surface area (Å²) < 4.78 is 18.1. The summed E-state index contributed by atoms with van der Waals surface area (Å²) in [5.74, 6) is -0.241. The van der Waals surface area contributed by atoms with Crippen LogP contribution in [0.1, 0.15) is 29.3 Å². The molecule has 0 N–H and O–H groups in total. The number of thioether (sulfide) groups is 1. The summed E-state index contributed by atoms with van der Waals surface area (Å²) in [7, 11) is 1.28. The van der Waals surface area contributed by atoms with Gasteiger partial charge in [-0.05, 0) is 24.6 Å². The van der Waals surface area contributed by atoms with E-state index in [9.17, 15) is 14.0 Å². The highest BCUT2D eigenvalue weighted by Gasteiger charge is 2.07. The minimum absolute atomic E-state index is 0.0623. The minimum atomic E-state index is -0.498. The third kappa shape index (κ3) is 5.26. The van der Waals surface area contributed by atoms with Crippen molar-refractivity contribution in [2.45, 2.75) is 13.3 Å². The molecule has 0 aliphatic rings. The molecule has 5 heteroatoms. The van der Waals surface area contributed by atoms with Gasteiger partial charge in [0.2, 0.25) is 0 Å². The zero-order valence-electron chi connectivity index (χ0n) is 10.8. The van der Waals surface area contributed by atoms with E-state index in [4.69, 9.17) is 0 Å². The monoisotopic (exact) mass is 282 g/mol. The standard InChI is InChI=1S/C14H15FO3S/c1-10(16)19-8-4-3-5-11-9-12(14(17)18-2)6-7-13(11)15/h3,5-7,9H,4,8H2,1-2H3. The largest absolute Gasteiger partial charge is 0.465 e. The Bertz CT molecular complexity index is 497. The highest BCUT2D eigenvalue weighted by atomic mass is 32.2. The molecule has 1 aromatic carbocycles. The van der Waals surface area contributed by atoms with Gasteiger partial charge < -0.3 is 4.74 Å². The van der Waals surface area contributed by atoms with Crippen LogP contribution >= 0.6 is 11.8 Å². The van der Waals surface area contributed by atoms with E-state index in [-0.39, 0.29) is 5.12 Å². The maximum Gasteiger partial charge on any atom is 0.337 e. The van der Waals surface area contributed by atoms with Crippen molar-refractivity contribution in [3.05, 3.63) is 41.2 Å². The van der Waals surface area contributed by atoms with Crippen molar-refractivity contribution in [2.24, 2.45) is 0 Å². The van der Waals surface area contributed by atoms with Gasteiger partial charge in [-0.2, -0.15) is 0 Å². The van der Waals surface area contributed by atoms with Gasteiger partial charge in [-0.25, -0.2) is 9.18 Å². The summed E-state index contributed by atoms with van der Waals surface area (Å²) in [5, 5.41) is 0.0623. The average Bonchev–Trinajstić information content (AvgIpc) is 2.39. The number of halogens is 1. The average molecular weight is 282 g/mol. The molecule has 0 heterocycles. The molecule has 0 aromatic heterocycles. The smallest absolute Gasteiger partial charge is 0.337 e.